The standard InChI is InChI=1S/C15H13N3S/c16-15(19)18-13-8-4-2-6-11(13)14-9-10-5-1-3-7-12(10)17-14/h1-9,17H,(H3,16,18,19). The van der Waals surface area contributed by atoms with Crippen molar-refractivity contribution in [1.29, 1.82) is 0 Å². The van der Waals surface area contributed by atoms with Crippen molar-refractivity contribution < 1.29 is 0 Å². The number of anilines is 1. The fraction of sp³-hybridized carbons (Fsp3) is 0. The van der Waals surface area contributed by atoms with Crippen LogP contribution in [0.25, 0.3) is 22.2 Å². The van der Waals surface area contributed by atoms with Gasteiger partial charge >= 0.3 is 0 Å². The number of thiocarbonyl (C=S) groups is 1. The van der Waals surface area contributed by atoms with Gasteiger partial charge in [-0.3, -0.25) is 0 Å². The molecule has 0 saturated heterocycles. The summed E-state index contributed by atoms with van der Waals surface area (Å²) < 4.78 is 0. The molecule has 19 heavy (non-hydrogen) atoms. The van der Waals surface area contributed by atoms with E-state index in [4.69, 9.17) is 18.0 Å². The molecule has 0 bridgehead atoms. The molecule has 0 spiro atoms. The first kappa shape index (κ1) is 11.7. The maximum Gasteiger partial charge on any atom is 0.168 e. The summed E-state index contributed by atoms with van der Waals surface area (Å²) in [7, 11) is 0. The van der Waals surface area contributed by atoms with Crippen LogP contribution in [0, 0.1) is 0 Å². The summed E-state index contributed by atoms with van der Waals surface area (Å²) in [5.74, 6) is 0. The van der Waals surface area contributed by atoms with Gasteiger partial charge in [0.1, 0.15) is 0 Å². The highest BCUT2D eigenvalue weighted by Crippen LogP contribution is 2.29. The molecule has 0 aliphatic rings. The summed E-state index contributed by atoms with van der Waals surface area (Å²) in [6, 6.07) is 18.2. The fourth-order valence-corrected chi connectivity index (χ4v) is 2.29. The molecule has 0 fully saturated rings. The Morgan fingerprint density at radius 3 is 2.58 bits per heavy atom. The molecule has 1 aromatic heterocycles. The second-order valence-corrected chi connectivity index (χ2v) is 4.74. The number of H-pyrrole nitrogens is 1. The van der Waals surface area contributed by atoms with Gasteiger partial charge in [-0.25, -0.2) is 0 Å². The van der Waals surface area contributed by atoms with Crippen LogP contribution in [-0.4, -0.2) is 10.1 Å². The van der Waals surface area contributed by atoms with Crippen molar-refractivity contribution >= 4 is 33.9 Å². The van der Waals surface area contributed by atoms with E-state index in [2.05, 4.69) is 28.5 Å². The SMILES string of the molecule is NC(=S)Nc1ccccc1-c1cc2ccccc2[nH]1. The molecule has 0 saturated carbocycles. The third-order valence-corrected chi connectivity index (χ3v) is 3.11. The maximum atomic E-state index is 5.56. The number of para-hydroxylation sites is 2. The van der Waals surface area contributed by atoms with Crippen molar-refractivity contribution in [2.24, 2.45) is 5.73 Å². The normalized spacial score (nSPS) is 10.5. The number of fused-ring (bicyclic) bond motifs is 1. The number of rotatable bonds is 2. The van der Waals surface area contributed by atoms with Gasteiger partial charge in [-0.2, -0.15) is 0 Å². The molecule has 0 unspecified atom stereocenters. The van der Waals surface area contributed by atoms with Gasteiger partial charge in [-0.15, -0.1) is 0 Å². The minimum absolute atomic E-state index is 0.267. The lowest BCUT2D eigenvalue weighted by atomic mass is 10.1. The van der Waals surface area contributed by atoms with E-state index in [9.17, 15) is 0 Å². The molecule has 3 nitrogen and oxygen atoms in total. The van der Waals surface area contributed by atoms with Crippen LogP contribution >= 0.6 is 12.2 Å². The van der Waals surface area contributed by atoms with Gasteiger partial charge in [0.05, 0.1) is 0 Å². The number of aromatic nitrogens is 1. The molecule has 4 heteroatoms. The van der Waals surface area contributed by atoms with E-state index in [0.717, 1.165) is 22.5 Å². The van der Waals surface area contributed by atoms with Gasteiger partial charge in [0.2, 0.25) is 0 Å². The Bertz CT molecular complexity index is 713. The summed E-state index contributed by atoms with van der Waals surface area (Å²) >= 11 is 4.91. The predicted octanol–water partition coefficient (Wildman–Crippen LogP) is 3.49. The van der Waals surface area contributed by atoms with Crippen LogP contribution in [0.5, 0.6) is 0 Å². The zero-order valence-corrected chi connectivity index (χ0v) is 11.0. The van der Waals surface area contributed by atoms with E-state index < -0.39 is 0 Å². The maximum absolute atomic E-state index is 5.56. The quantitative estimate of drug-likeness (QED) is 0.623. The van der Waals surface area contributed by atoms with E-state index >= 15 is 0 Å². The van der Waals surface area contributed by atoms with Gasteiger partial charge < -0.3 is 16.0 Å². The average molecular weight is 267 g/mol. The molecule has 2 aromatic carbocycles. The molecule has 4 N–H and O–H groups in total. The van der Waals surface area contributed by atoms with Gasteiger partial charge in [0.15, 0.2) is 5.11 Å². The van der Waals surface area contributed by atoms with Crippen LogP contribution in [0.2, 0.25) is 0 Å². The molecule has 3 rings (SSSR count). The number of aromatic amines is 1. The van der Waals surface area contributed by atoms with Crippen molar-refractivity contribution in [3.8, 4) is 11.3 Å². The largest absolute Gasteiger partial charge is 0.376 e. The third kappa shape index (κ3) is 2.30. The number of nitrogens with two attached hydrogens (primary N) is 1. The molecule has 0 aliphatic heterocycles. The highest BCUT2D eigenvalue weighted by molar-refractivity contribution is 7.80. The number of benzene rings is 2. The Labute approximate surface area is 116 Å². The number of hydrogen-bond acceptors (Lipinski definition) is 1. The van der Waals surface area contributed by atoms with Crippen LogP contribution < -0.4 is 11.1 Å². The predicted molar refractivity (Wildman–Crippen MR) is 84.1 cm³/mol. The van der Waals surface area contributed by atoms with Crippen molar-refractivity contribution in [2.75, 3.05) is 5.32 Å². The first-order valence-corrected chi connectivity index (χ1v) is 6.38. The first-order chi connectivity index (χ1) is 9.24. The lowest BCUT2D eigenvalue weighted by molar-refractivity contribution is 1.45. The summed E-state index contributed by atoms with van der Waals surface area (Å²) in [4.78, 5) is 3.40. The molecular weight excluding hydrogens is 254 g/mol. The zero-order chi connectivity index (χ0) is 13.2. The van der Waals surface area contributed by atoms with E-state index in [1.807, 2.05) is 36.4 Å². The van der Waals surface area contributed by atoms with Crippen molar-refractivity contribution in [2.45, 2.75) is 0 Å². The smallest absolute Gasteiger partial charge is 0.168 e. The highest BCUT2D eigenvalue weighted by Gasteiger charge is 2.07. The third-order valence-electron chi connectivity index (χ3n) is 3.01. The Morgan fingerprint density at radius 1 is 1.05 bits per heavy atom. The summed E-state index contributed by atoms with van der Waals surface area (Å²) in [5, 5.41) is 4.46. The zero-order valence-electron chi connectivity index (χ0n) is 10.2. The molecular formula is C15H13N3S. The Kier molecular flexibility index (Phi) is 2.93. The first-order valence-electron chi connectivity index (χ1n) is 5.97. The monoisotopic (exact) mass is 267 g/mol. The molecule has 3 aromatic rings. The van der Waals surface area contributed by atoms with Gasteiger partial charge in [0, 0.05) is 27.8 Å². The Morgan fingerprint density at radius 2 is 1.79 bits per heavy atom. The van der Waals surface area contributed by atoms with E-state index in [1.54, 1.807) is 0 Å². The van der Waals surface area contributed by atoms with E-state index in [0.29, 0.717) is 0 Å². The van der Waals surface area contributed by atoms with Crippen LogP contribution in [0.3, 0.4) is 0 Å². The van der Waals surface area contributed by atoms with Crippen molar-refractivity contribution in [3.05, 3.63) is 54.6 Å². The van der Waals surface area contributed by atoms with Crippen LogP contribution in [0.4, 0.5) is 5.69 Å². The molecule has 1 heterocycles. The van der Waals surface area contributed by atoms with E-state index in [-0.39, 0.29) is 5.11 Å². The summed E-state index contributed by atoms with van der Waals surface area (Å²) in [5.41, 5.74) is 9.66. The fourth-order valence-electron chi connectivity index (χ4n) is 2.18. The number of hydrogen-bond donors (Lipinski definition) is 3. The lowest BCUT2D eigenvalue weighted by Gasteiger charge is -2.09. The molecule has 0 aliphatic carbocycles. The summed E-state index contributed by atoms with van der Waals surface area (Å²) in [6.45, 7) is 0. The van der Waals surface area contributed by atoms with Crippen LogP contribution in [0.15, 0.2) is 54.6 Å². The minimum atomic E-state index is 0.267. The number of nitrogens with one attached hydrogen (secondary N) is 2. The second kappa shape index (κ2) is 4.74. The summed E-state index contributed by atoms with van der Waals surface area (Å²) in [6.07, 6.45) is 0. The minimum Gasteiger partial charge on any atom is -0.376 e. The lowest BCUT2D eigenvalue weighted by Crippen LogP contribution is -2.19. The van der Waals surface area contributed by atoms with Crippen molar-refractivity contribution in [3.63, 3.8) is 0 Å². The highest BCUT2D eigenvalue weighted by atomic mass is 32.1. The second-order valence-electron chi connectivity index (χ2n) is 4.31. The molecule has 0 amide bonds. The van der Waals surface area contributed by atoms with E-state index in [1.165, 1.54) is 5.39 Å². The molecule has 0 radical (unpaired) electrons. The van der Waals surface area contributed by atoms with Gasteiger partial charge in [0.25, 0.3) is 0 Å². The Hall–Kier alpha value is -2.33. The van der Waals surface area contributed by atoms with Gasteiger partial charge in [-0.05, 0) is 30.4 Å². The van der Waals surface area contributed by atoms with Crippen LogP contribution in [0.1, 0.15) is 0 Å². The molecule has 0 atom stereocenters. The average Bonchev–Trinajstić information content (AvgIpc) is 2.82. The van der Waals surface area contributed by atoms with Gasteiger partial charge in [-0.1, -0.05) is 36.4 Å². The van der Waals surface area contributed by atoms with Crippen LogP contribution in [-0.2, 0) is 0 Å². The Balaban J connectivity index is 2.13. The molecule has 94 valence electrons. The van der Waals surface area contributed by atoms with Crippen molar-refractivity contribution in [1.82, 2.24) is 4.98 Å². The topological polar surface area (TPSA) is 53.8 Å².